The van der Waals surface area contributed by atoms with Crippen molar-refractivity contribution in [1.29, 1.82) is 0 Å². The van der Waals surface area contributed by atoms with E-state index in [1.54, 1.807) is 26.4 Å². The van der Waals surface area contributed by atoms with Crippen LogP contribution in [0.2, 0.25) is 0 Å². The van der Waals surface area contributed by atoms with Crippen LogP contribution in [-0.4, -0.2) is 48.3 Å². The summed E-state index contributed by atoms with van der Waals surface area (Å²) in [7, 11) is 3.17. The Labute approximate surface area is 153 Å². The number of aryl methyl sites for hydroxylation is 1. The molecule has 1 aliphatic heterocycles. The standard InChI is InChI=1S/C19H25N3O4/c1-13-5-4-10-22(12-13)18(23)9-8-17-20-19(21-26-17)14-6-7-15(24-2)16(11-14)25-3/h6-7,11,13H,4-5,8-10,12H2,1-3H3. The summed E-state index contributed by atoms with van der Waals surface area (Å²) in [5.41, 5.74) is 0.772. The number of amides is 1. The van der Waals surface area contributed by atoms with Crippen molar-refractivity contribution >= 4 is 5.91 Å². The van der Waals surface area contributed by atoms with Crippen LogP contribution in [0.15, 0.2) is 22.7 Å². The molecule has 1 aromatic heterocycles. The van der Waals surface area contributed by atoms with E-state index in [2.05, 4.69) is 17.1 Å². The number of nitrogens with zero attached hydrogens (tertiary/aromatic N) is 3. The van der Waals surface area contributed by atoms with Crippen molar-refractivity contribution in [3.05, 3.63) is 24.1 Å². The summed E-state index contributed by atoms with van der Waals surface area (Å²) < 4.78 is 15.8. The highest BCUT2D eigenvalue weighted by molar-refractivity contribution is 5.76. The van der Waals surface area contributed by atoms with E-state index in [-0.39, 0.29) is 5.91 Å². The molecule has 26 heavy (non-hydrogen) atoms. The van der Waals surface area contributed by atoms with Gasteiger partial charge in [0.2, 0.25) is 17.6 Å². The molecule has 1 amide bonds. The average Bonchev–Trinajstić information content (AvgIpc) is 3.14. The second-order valence-electron chi connectivity index (χ2n) is 6.67. The first-order valence-electron chi connectivity index (χ1n) is 8.93. The van der Waals surface area contributed by atoms with E-state index >= 15 is 0 Å². The van der Waals surface area contributed by atoms with Crippen LogP contribution < -0.4 is 9.47 Å². The number of methoxy groups -OCH3 is 2. The molecule has 7 heteroatoms. The molecule has 2 aromatic rings. The molecular weight excluding hydrogens is 334 g/mol. The van der Waals surface area contributed by atoms with E-state index in [9.17, 15) is 4.79 Å². The van der Waals surface area contributed by atoms with Crippen LogP contribution in [-0.2, 0) is 11.2 Å². The molecule has 1 atom stereocenters. The third-order valence-corrected chi connectivity index (χ3v) is 4.67. The molecule has 0 aliphatic carbocycles. The lowest BCUT2D eigenvalue weighted by Crippen LogP contribution is -2.39. The topological polar surface area (TPSA) is 77.7 Å². The number of hydrogen-bond donors (Lipinski definition) is 0. The monoisotopic (exact) mass is 359 g/mol. The lowest BCUT2D eigenvalue weighted by Gasteiger charge is -2.30. The minimum Gasteiger partial charge on any atom is -0.493 e. The first kappa shape index (κ1) is 18.2. The van der Waals surface area contributed by atoms with E-state index in [1.807, 2.05) is 11.0 Å². The normalized spacial score (nSPS) is 17.2. The van der Waals surface area contributed by atoms with Crippen LogP contribution in [0.3, 0.4) is 0 Å². The molecule has 140 valence electrons. The Morgan fingerprint density at radius 1 is 1.31 bits per heavy atom. The summed E-state index contributed by atoms with van der Waals surface area (Å²) in [6.07, 6.45) is 3.11. The summed E-state index contributed by atoms with van der Waals surface area (Å²) >= 11 is 0. The summed E-state index contributed by atoms with van der Waals surface area (Å²) in [6, 6.07) is 5.44. The zero-order chi connectivity index (χ0) is 18.5. The van der Waals surface area contributed by atoms with Gasteiger partial charge in [0.1, 0.15) is 0 Å². The Bertz CT molecular complexity index is 759. The Balaban J connectivity index is 1.62. The molecule has 1 unspecified atom stereocenters. The van der Waals surface area contributed by atoms with Crippen LogP contribution in [0.25, 0.3) is 11.4 Å². The van der Waals surface area contributed by atoms with Crippen molar-refractivity contribution < 1.29 is 18.8 Å². The maximum absolute atomic E-state index is 12.4. The first-order chi connectivity index (χ1) is 12.6. The smallest absolute Gasteiger partial charge is 0.227 e. The van der Waals surface area contributed by atoms with E-state index in [0.717, 1.165) is 25.1 Å². The van der Waals surface area contributed by atoms with E-state index in [1.165, 1.54) is 6.42 Å². The second-order valence-corrected chi connectivity index (χ2v) is 6.67. The zero-order valence-corrected chi connectivity index (χ0v) is 15.5. The minimum absolute atomic E-state index is 0.155. The van der Waals surface area contributed by atoms with Crippen LogP contribution in [0.4, 0.5) is 0 Å². The van der Waals surface area contributed by atoms with Crippen LogP contribution in [0.1, 0.15) is 32.1 Å². The number of rotatable bonds is 6. The highest BCUT2D eigenvalue weighted by atomic mass is 16.5. The van der Waals surface area contributed by atoms with Crippen molar-refractivity contribution in [3.8, 4) is 22.9 Å². The molecule has 0 radical (unpaired) electrons. The predicted molar refractivity (Wildman–Crippen MR) is 96.1 cm³/mol. The molecule has 0 saturated carbocycles. The summed E-state index contributed by atoms with van der Waals surface area (Å²) in [4.78, 5) is 18.7. The quantitative estimate of drug-likeness (QED) is 0.789. The Morgan fingerprint density at radius 2 is 2.12 bits per heavy atom. The minimum atomic E-state index is 0.155. The molecule has 7 nitrogen and oxygen atoms in total. The summed E-state index contributed by atoms with van der Waals surface area (Å²) in [5.74, 6) is 2.91. The Morgan fingerprint density at radius 3 is 2.85 bits per heavy atom. The van der Waals surface area contributed by atoms with Crippen LogP contribution in [0.5, 0.6) is 11.5 Å². The van der Waals surface area contributed by atoms with Gasteiger partial charge < -0.3 is 18.9 Å². The zero-order valence-electron chi connectivity index (χ0n) is 15.5. The number of carbonyl (C=O) groups is 1. The average molecular weight is 359 g/mol. The molecule has 3 rings (SSSR count). The number of piperidine rings is 1. The lowest BCUT2D eigenvalue weighted by atomic mass is 10.00. The highest BCUT2D eigenvalue weighted by Gasteiger charge is 2.21. The van der Waals surface area contributed by atoms with Gasteiger partial charge in [-0.05, 0) is 37.0 Å². The Hall–Kier alpha value is -2.57. The van der Waals surface area contributed by atoms with Crippen LogP contribution >= 0.6 is 0 Å². The fraction of sp³-hybridized carbons (Fsp3) is 0.526. The van der Waals surface area contributed by atoms with Gasteiger partial charge in [0.05, 0.1) is 14.2 Å². The van der Waals surface area contributed by atoms with Gasteiger partial charge in [-0.1, -0.05) is 12.1 Å². The molecule has 0 spiro atoms. The van der Waals surface area contributed by atoms with E-state index < -0.39 is 0 Å². The largest absolute Gasteiger partial charge is 0.493 e. The number of carbonyl (C=O) groups excluding carboxylic acids is 1. The van der Waals surface area contributed by atoms with Crippen molar-refractivity contribution in [3.63, 3.8) is 0 Å². The van der Waals surface area contributed by atoms with Crippen molar-refractivity contribution in [2.24, 2.45) is 5.92 Å². The number of aromatic nitrogens is 2. The van der Waals surface area contributed by atoms with Gasteiger partial charge in [0.15, 0.2) is 11.5 Å². The Kier molecular flexibility index (Phi) is 5.75. The fourth-order valence-electron chi connectivity index (χ4n) is 3.24. The van der Waals surface area contributed by atoms with Crippen molar-refractivity contribution in [1.82, 2.24) is 15.0 Å². The number of hydrogen-bond acceptors (Lipinski definition) is 6. The number of benzene rings is 1. The van der Waals surface area contributed by atoms with Gasteiger partial charge in [-0.3, -0.25) is 4.79 Å². The molecular formula is C19H25N3O4. The van der Waals surface area contributed by atoms with Crippen LogP contribution in [0, 0.1) is 5.92 Å². The predicted octanol–water partition coefficient (Wildman–Crippen LogP) is 2.94. The SMILES string of the molecule is COc1ccc(-c2noc(CCC(=O)N3CCCC(C)C3)n2)cc1OC. The maximum atomic E-state index is 12.4. The van der Waals surface area contributed by atoms with Gasteiger partial charge >= 0.3 is 0 Å². The van der Waals surface area contributed by atoms with E-state index in [0.29, 0.717) is 42.0 Å². The number of likely N-dealkylation sites (tertiary alicyclic amines) is 1. The second kappa shape index (κ2) is 8.21. The van der Waals surface area contributed by atoms with Gasteiger partial charge in [0, 0.05) is 31.5 Å². The lowest BCUT2D eigenvalue weighted by molar-refractivity contribution is -0.132. The summed E-state index contributed by atoms with van der Waals surface area (Å²) in [6.45, 7) is 3.89. The number of ether oxygens (including phenoxy) is 2. The first-order valence-corrected chi connectivity index (χ1v) is 8.93. The van der Waals surface area contributed by atoms with Gasteiger partial charge in [-0.2, -0.15) is 4.98 Å². The fourth-order valence-corrected chi connectivity index (χ4v) is 3.24. The highest BCUT2D eigenvalue weighted by Crippen LogP contribution is 2.31. The van der Waals surface area contributed by atoms with Gasteiger partial charge in [0.25, 0.3) is 0 Å². The van der Waals surface area contributed by atoms with Crippen molar-refractivity contribution in [2.75, 3.05) is 27.3 Å². The third-order valence-electron chi connectivity index (χ3n) is 4.67. The van der Waals surface area contributed by atoms with Gasteiger partial charge in [-0.25, -0.2) is 0 Å². The maximum Gasteiger partial charge on any atom is 0.227 e. The molecule has 1 aliphatic rings. The summed E-state index contributed by atoms with van der Waals surface area (Å²) in [5, 5.41) is 4.01. The van der Waals surface area contributed by atoms with E-state index in [4.69, 9.17) is 14.0 Å². The van der Waals surface area contributed by atoms with Crippen molar-refractivity contribution in [2.45, 2.75) is 32.6 Å². The van der Waals surface area contributed by atoms with Gasteiger partial charge in [-0.15, -0.1) is 0 Å². The third kappa shape index (κ3) is 4.15. The molecule has 1 saturated heterocycles. The molecule has 1 aromatic carbocycles. The molecule has 0 bridgehead atoms. The molecule has 1 fully saturated rings. The molecule has 0 N–H and O–H groups in total. The molecule has 2 heterocycles.